The number of aryl methyl sites for hydroxylation is 1. The van der Waals surface area contributed by atoms with Crippen molar-refractivity contribution < 1.29 is 22.7 Å². The van der Waals surface area contributed by atoms with Crippen LogP contribution in [-0.4, -0.2) is 43.9 Å². The number of ether oxygens (including phenoxy) is 2. The molecular formula is C27H30N2O5S. The van der Waals surface area contributed by atoms with Crippen molar-refractivity contribution >= 4 is 21.6 Å². The lowest BCUT2D eigenvalue weighted by Gasteiger charge is -2.34. The molecule has 0 bridgehead atoms. The average molecular weight is 495 g/mol. The summed E-state index contributed by atoms with van der Waals surface area (Å²) in [5, 5.41) is 2.87. The van der Waals surface area contributed by atoms with Crippen LogP contribution in [0.1, 0.15) is 35.3 Å². The molecule has 1 aliphatic heterocycles. The van der Waals surface area contributed by atoms with E-state index < -0.39 is 15.9 Å². The van der Waals surface area contributed by atoms with Crippen molar-refractivity contribution in [3.8, 4) is 5.75 Å². The van der Waals surface area contributed by atoms with Crippen LogP contribution in [0.15, 0.2) is 77.7 Å². The van der Waals surface area contributed by atoms with Gasteiger partial charge in [-0.05, 0) is 62.2 Å². The van der Waals surface area contributed by atoms with E-state index in [1.165, 1.54) is 16.4 Å². The summed E-state index contributed by atoms with van der Waals surface area (Å²) >= 11 is 0. The number of benzene rings is 3. The van der Waals surface area contributed by atoms with Crippen molar-refractivity contribution in [1.82, 2.24) is 4.31 Å². The van der Waals surface area contributed by atoms with E-state index in [0.29, 0.717) is 18.0 Å². The molecule has 1 N–H and O–H groups in total. The van der Waals surface area contributed by atoms with Gasteiger partial charge in [0.15, 0.2) is 0 Å². The second-order valence-corrected chi connectivity index (χ2v) is 10.8. The predicted octanol–water partition coefficient (Wildman–Crippen LogP) is 4.62. The van der Waals surface area contributed by atoms with Crippen LogP contribution in [-0.2, 0) is 21.4 Å². The SMILES string of the molecule is Cc1ccc(NC(=O)c2cccc(S(=O)(=O)N3CC(C)OC(C)C3)c2)c(OCc2ccccc2)c1. The van der Waals surface area contributed by atoms with Crippen LogP contribution >= 0.6 is 0 Å². The van der Waals surface area contributed by atoms with E-state index in [0.717, 1.165) is 11.1 Å². The fourth-order valence-electron chi connectivity index (χ4n) is 4.06. The van der Waals surface area contributed by atoms with Crippen LogP contribution in [0.3, 0.4) is 0 Å². The smallest absolute Gasteiger partial charge is 0.255 e. The number of carbonyl (C=O) groups excluding carboxylic acids is 1. The Morgan fingerprint density at radius 2 is 1.71 bits per heavy atom. The quantitative estimate of drug-likeness (QED) is 0.518. The molecule has 1 aliphatic rings. The largest absolute Gasteiger partial charge is 0.487 e. The van der Waals surface area contributed by atoms with Crippen LogP contribution in [0.2, 0.25) is 0 Å². The number of rotatable bonds is 7. The molecule has 1 fully saturated rings. The Balaban J connectivity index is 1.53. The Hall–Kier alpha value is -3.20. The van der Waals surface area contributed by atoms with E-state index in [4.69, 9.17) is 9.47 Å². The molecule has 7 nitrogen and oxygen atoms in total. The summed E-state index contributed by atoms with van der Waals surface area (Å²) in [6, 6.07) is 21.4. The zero-order valence-electron chi connectivity index (χ0n) is 20.1. The third kappa shape index (κ3) is 6.08. The predicted molar refractivity (Wildman–Crippen MR) is 135 cm³/mol. The Kier molecular flexibility index (Phi) is 7.54. The van der Waals surface area contributed by atoms with Gasteiger partial charge in [0.05, 0.1) is 22.8 Å². The van der Waals surface area contributed by atoms with Crippen LogP contribution in [0, 0.1) is 6.92 Å². The number of hydrogen-bond acceptors (Lipinski definition) is 5. The molecule has 0 radical (unpaired) electrons. The number of nitrogens with zero attached hydrogens (tertiary/aromatic N) is 1. The van der Waals surface area contributed by atoms with E-state index >= 15 is 0 Å². The van der Waals surface area contributed by atoms with Gasteiger partial charge in [0.25, 0.3) is 5.91 Å². The van der Waals surface area contributed by atoms with Gasteiger partial charge < -0.3 is 14.8 Å². The number of sulfonamides is 1. The molecular weight excluding hydrogens is 464 g/mol. The van der Waals surface area contributed by atoms with Gasteiger partial charge in [0.1, 0.15) is 12.4 Å². The van der Waals surface area contributed by atoms with Crippen LogP contribution in [0.5, 0.6) is 5.75 Å². The molecule has 184 valence electrons. The van der Waals surface area contributed by atoms with Crippen molar-refractivity contribution in [3.63, 3.8) is 0 Å². The van der Waals surface area contributed by atoms with E-state index in [1.807, 2.05) is 63.2 Å². The zero-order chi connectivity index (χ0) is 25.0. The first-order valence-electron chi connectivity index (χ1n) is 11.6. The third-order valence-electron chi connectivity index (χ3n) is 5.74. The third-order valence-corrected chi connectivity index (χ3v) is 7.57. The van der Waals surface area contributed by atoms with Gasteiger partial charge in [0.2, 0.25) is 10.0 Å². The van der Waals surface area contributed by atoms with Gasteiger partial charge in [-0.1, -0.05) is 42.5 Å². The molecule has 8 heteroatoms. The molecule has 4 rings (SSSR count). The van der Waals surface area contributed by atoms with Crippen LogP contribution < -0.4 is 10.1 Å². The Bertz CT molecular complexity index is 1280. The van der Waals surface area contributed by atoms with E-state index in [-0.39, 0.29) is 35.8 Å². The van der Waals surface area contributed by atoms with E-state index in [9.17, 15) is 13.2 Å². The van der Waals surface area contributed by atoms with Gasteiger partial charge in [0, 0.05) is 18.7 Å². The molecule has 2 unspecified atom stereocenters. The molecule has 1 saturated heterocycles. The standard InChI is InChI=1S/C27H30N2O5S/c1-19-12-13-25(26(14-19)33-18-22-8-5-4-6-9-22)28-27(30)23-10-7-11-24(15-23)35(31,32)29-16-20(2)34-21(3)17-29/h4-15,20-21H,16-18H2,1-3H3,(H,28,30). The second kappa shape index (κ2) is 10.6. The van der Waals surface area contributed by atoms with E-state index in [2.05, 4.69) is 5.32 Å². The summed E-state index contributed by atoms with van der Waals surface area (Å²) in [5.74, 6) is 0.126. The summed E-state index contributed by atoms with van der Waals surface area (Å²) in [4.78, 5) is 13.2. The number of hydrogen-bond donors (Lipinski definition) is 1. The lowest BCUT2D eigenvalue weighted by molar-refractivity contribution is -0.0440. The molecule has 0 aliphatic carbocycles. The Labute approximate surface area is 206 Å². The van der Waals surface area contributed by atoms with Gasteiger partial charge in [-0.3, -0.25) is 4.79 Å². The molecule has 2 atom stereocenters. The summed E-state index contributed by atoms with van der Waals surface area (Å²) in [5.41, 5.74) is 2.76. The first kappa shape index (κ1) is 24.9. The molecule has 35 heavy (non-hydrogen) atoms. The van der Waals surface area contributed by atoms with Crippen molar-refractivity contribution in [2.75, 3.05) is 18.4 Å². The topological polar surface area (TPSA) is 84.9 Å². The highest BCUT2D eigenvalue weighted by Crippen LogP contribution is 2.28. The maximum absolute atomic E-state index is 13.2. The van der Waals surface area contributed by atoms with Crippen LogP contribution in [0.25, 0.3) is 0 Å². The lowest BCUT2D eigenvalue weighted by Crippen LogP contribution is -2.48. The van der Waals surface area contributed by atoms with Crippen molar-refractivity contribution in [1.29, 1.82) is 0 Å². The molecule has 0 aromatic heterocycles. The first-order valence-corrected chi connectivity index (χ1v) is 13.0. The van der Waals surface area contributed by atoms with Gasteiger partial charge in [-0.25, -0.2) is 8.42 Å². The highest BCUT2D eigenvalue weighted by molar-refractivity contribution is 7.89. The van der Waals surface area contributed by atoms with Crippen LogP contribution in [0.4, 0.5) is 5.69 Å². The number of amides is 1. The average Bonchev–Trinajstić information content (AvgIpc) is 2.84. The van der Waals surface area contributed by atoms with Gasteiger partial charge >= 0.3 is 0 Å². The van der Waals surface area contributed by atoms with Gasteiger partial charge in [-0.15, -0.1) is 0 Å². The summed E-state index contributed by atoms with van der Waals surface area (Å²) < 4.78 is 39.5. The van der Waals surface area contributed by atoms with Gasteiger partial charge in [-0.2, -0.15) is 4.31 Å². The Morgan fingerprint density at radius 3 is 2.43 bits per heavy atom. The summed E-state index contributed by atoms with van der Waals surface area (Å²) in [7, 11) is -3.76. The second-order valence-electron chi connectivity index (χ2n) is 8.84. The lowest BCUT2D eigenvalue weighted by atomic mass is 10.1. The minimum absolute atomic E-state index is 0.0795. The number of morpholine rings is 1. The fraction of sp³-hybridized carbons (Fsp3) is 0.296. The van der Waals surface area contributed by atoms with Crippen molar-refractivity contribution in [2.45, 2.75) is 44.5 Å². The summed E-state index contributed by atoms with van der Waals surface area (Å²) in [6.45, 7) is 6.55. The molecule has 0 saturated carbocycles. The highest BCUT2D eigenvalue weighted by Gasteiger charge is 2.32. The first-order chi connectivity index (χ1) is 16.7. The monoisotopic (exact) mass is 494 g/mol. The van der Waals surface area contributed by atoms with E-state index in [1.54, 1.807) is 18.2 Å². The minimum atomic E-state index is -3.76. The number of anilines is 1. The van der Waals surface area contributed by atoms with Crippen molar-refractivity contribution in [2.24, 2.45) is 0 Å². The molecule has 1 amide bonds. The maximum atomic E-state index is 13.2. The Morgan fingerprint density at radius 1 is 1.00 bits per heavy atom. The molecule has 1 heterocycles. The molecule has 0 spiro atoms. The maximum Gasteiger partial charge on any atom is 0.255 e. The van der Waals surface area contributed by atoms with Crippen molar-refractivity contribution in [3.05, 3.63) is 89.5 Å². The number of nitrogens with one attached hydrogen (secondary N) is 1. The number of carbonyl (C=O) groups is 1. The zero-order valence-corrected chi connectivity index (χ0v) is 20.9. The fourth-order valence-corrected chi connectivity index (χ4v) is 5.69. The normalized spacial score (nSPS) is 18.7. The molecule has 3 aromatic carbocycles. The minimum Gasteiger partial charge on any atom is -0.487 e. The molecule has 3 aromatic rings. The summed E-state index contributed by atoms with van der Waals surface area (Å²) in [6.07, 6.45) is -0.397. The highest BCUT2D eigenvalue weighted by atomic mass is 32.2.